The van der Waals surface area contributed by atoms with Gasteiger partial charge < -0.3 is 14.6 Å². The van der Waals surface area contributed by atoms with Crippen molar-refractivity contribution in [1.29, 1.82) is 0 Å². The lowest BCUT2D eigenvalue weighted by molar-refractivity contribution is -0.301. The monoisotopic (exact) mass is 338 g/mol. The number of carbonyl (C=O) groups excluding carboxylic acids is 1. The third-order valence-corrected chi connectivity index (χ3v) is 3.80. The molecule has 0 aliphatic rings. The summed E-state index contributed by atoms with van der Waals surface area (Å²) >= 11 is 6.86. The average molecular weight is 339 g/mol. The summed E-state index contributed by atoms with van der Waals surface area (Å²) in [7, 11) is 0. The van der Waals surface area contributed by atoms with Crippen molar-refractivity contribution in [2.24, 2.45) is 0 Å². The van der Waals surface area contributed by atoms with E-state index < -0.39 is 5.97 Å². The van der Waals surface area contributed by atoms with Gasteiger partial charge in [0, 0.05) is 17.3 Å². The quantitative estimate of drug-likeness (QED) is 0.536. The molecule has 2 rings (SSSR count). The van der Waals surface area contributed by atoms with Crippen LogP contribution < -0.4 is 9.84 Å². The van der Waals surface area contributed by atoms with Crippen molar-refractivity contribution in [2.75, 3.05) is 5.75 Å². The fourth-order valence-corrected chi connectivity index (χ4v) is 2.45. The molecule has 0 unspecified atom stereocenters. The van der Waals surface area contributed by atoms with Gasteiger partial charge in [0.25, 0.3) is 0 Å². The molecule has 0 bridgehead atoms. The van der Waals surface area contributed by atoms with Crippen molar-refractivity contribution in [1.82, 2.24) is 14.8 Å². The van der Waals surface area contributed by atoms with Gasteiger partial charge in [0.05, 0.1) is 5.97 Å². The van der Waals surface area contributed by atoms with Crippen LogP contribution in [0.25, 0.3) is 0 Å². The lowest BCUT2D eigenvalue weighted by Crippen LogP contribution is -2.24. The van der Waals surface area contributed by atoms with Crippen LogP contribution in [0.2, 0.25) is 5.02 Å². The van der Waals surface area contributed by atoms with Gasteiger partial charge in [-0.3, -0.25) is 4.57 Å². The Bertz CT molecular complexity index is 658. The maximum absolute atomic E-state index is 10.5. The molecule has 1 heterocycles. The Kier molecular flexibility index (Phi) is 5.85. The van der Waals surface area contributed by atoms with Crippen LogP contribution in [-0.4, -0.2) is 26.5 Å². The highest BCUT2D eigenvalue weighted by Crippen LogP contribution is 2.19. The predicted molar refractivity (Wildman–Crippen MR) is 81.7 cm³/mol. The zero-order chi connectivity index (χ0) is 15.9. The van der Waals surface area contributed by atoms with Crippen LogP contribution >= 0.6 is 23.4 Å². The highest BCUT2D eigenvalue weighted by atomic mass is 35.5. The molecule has 0 fully saturated rings. The molecule has 6 nitrogen and oxygen atoms in total. The normalized spacial score (nSPS) is 10.4. The molecule has 0 spiro atoms. The molecule has 8 heteroatoms. The van der Waals surface area contributed by atoms with E-state index in [0.717, 1.165) is 11.8 Å². The fourth-order valence-electron chi connectivity index (χ4n) is 1.65. The van der Waals surface area contributed by atoms with E-state index in [1.165, 1.54) is 0 Å². The third kappa shape index (κ3) is 4.51. The van der Waals surface area contributed by atoms with Crippen LogP contribution in [0.5, 0.6) is 5.75 Å². The Hall–Kier alpha value is -1.99. The van der Waals surface area contributed by atoms with Crippen LogP contribution in [0.3, 0.4) is 0 Å². The van der Waals surface area contributed by atoms with Gasteiger partial charge in [-0.1, -0.05) is 29.4 Å². The SMILES string of the molecule is C=CCn1c(COc2ccc(Cl)cc2)nnc1SCC(=O)[O-]. The van der Waals surface area contributed by atoms with E-state index in [9.17, 15) is 9.90 Å². The molecule has 0 atom stereocenters. The molecule has 1 aromatic heterocycles. The second-order valence-electron chi connectivity index (χ2n) is 4.20. The maximum atomic E-state index is 10.5. The van der Waals surface area contributed by atoms with E-state index in [1.807, 2.05) is 0 Å². The summed E-state index contributed by atoms with van der Waals surface area (Å²) in [6.07, 6.45) is 1.68. The summed E-state index contributed by atoms with van der Waals surface area (Å²) in [6.45, 7) is 4.33. The minimum absolute atomic E-state index is 0.187. The molecule has 0 radical (unpaired) electrons. The molecule has 0 N–H and O–H groups in total. The van der Waals surface area contributed by atoms with E-state index in [0.29, 0.717) is 28.3 Å². The first-order valence-electron chi connectivity index (χ1n) is 6.34. The summed E-state index contributed by atoms with van der Waals surface area (Å²) < 4.78 is 7.37. The van der Waals surface area contributed by atoms with Crippen molar-refractivity contribution < 1.29 is 14.6 Å². The Labute approximate surface area is 136 Å². The second kappa shape index (κ2) is 7.86. The third-order valence-electron chi connectivity index (χ3n) is 2.61. The highest BCUT2D eigenvalue weighted by Gasteiger charge is 2.12. The first-order valence-corrected chi connectivity index (χ1v) is 7.70. The first-order chi connectivity index (χ1) is 10.6. The zero-order valence-corrected chi connectivity index (χ0v) is 13.1. The molecule has 0 aliphatic heterocycles. The number of hydrogen-bond donors (Lipinski definition) is 0. The highest BCUT2D eigenvalue weighted by molar-refractivity contribution is 7.99. The van der Waals surface area contributed by atoms with Crippen LogP contribution in [0.15, 0.2) is 42.1 Å². The lowest BCUT2D eigenvalue weighted by atomic mass is 10.3. The minimum atomic E-state index is -1.16. The number of aromatic nitrogens is 3. The fraction of sp³-hybridized carbons (Fsp3) is 0.214. The Morgan fingerprint density at radius 1 is 1.41 bits per heavy atom. The van der Waals surface area contributed by atoms with Crippen LogP contribution in [-0.2, 0) is 17.9 Å². The number of halogens is 1. The Balaban J connectivity index is 2.07. The van der Waals surface area contributed by atoms with Gasteiger partial charge in [-0.25, -0.2) is 0 Å². The van der Waals surface area contributed by atoms with E-state index in [2.05, 4.69) is 16.8 Å². The number of carboxylic acid groups (broad SMARTS) is 1. The molecule has 2 aromatic rings. The van der Waals surface area contributed by atoms with Crippen LogP contribution in [0, 0.1) is 0 Å². The zero-order valence-electron chi connectivity index (χ0n) is 11.6. The number of aliphatic carboxylic acids is 1. The Morgan fingerprint density at radius 3 is 2.77 bits per heavy atom. The maximum Gasteiger partial charge on any atom is 0.191 e. The van der Waals surface area contributed by atoms with Crippen molar-refractivity contribution >= 4 is 29.3 Å². The number of carboxylic acids is 1. The number of thioether (sulfide) groups is 1. The van der Waals surface area contributed by atoms with Gasteiger partial charge in [-0.05, 0) is 24.3 Å². The van der Waals surface area contributed by atoms with Crippen LogP contribution in [0.1, 0.15) is 5.82 Å². The molecule has 0 amide bonds. The standard InChI is InChI=1S/C14H14ClN3O3S/c1-2-7-18-12(16-17-14(18)22-9-13(19)20)8-21-11-5-3-10(15)4-6-11/h2-6H,1,7-9H2,(H,19,20)/p-1. The number of nitrogens with zero attached hydrogens (tertiary/aromatic N) is 3. The second-order valence-corrected chi connectivity index (χ2v) is 5.58. The molecule has 0 saturated carbocycles. The lowest BCUT2D eigenvalue weighted by Gasteiger charge is -2.09. The predicted octanol–water partition coefficient (Wildman–Crippen LogP) is 1.54. The van der Waals surface area contributed by atoms with E-state index >= 15 is 0 Å². The minimum Gasteiger partial charge on any atom is -0.549 e. The smallest absolute Gasteiger partial charge is 0.191 e. The molecule has 0 saturated heterocycles. The molecule has 1 aromatic carbocycles. The van der Waals surface area contributed by atoms with Crippen LogP contribution in [0.4, 0.5) is 0 Å². The number of rotatable bonds is 8. The molecule has 116 valence electrons. The summed E-state index contributed by atoms with van der Waals surface area (Å²) in [5.74, 6) is -0.109. The molecular formula is C14H13ClN3O3S-. The summed E-state index contributed by atoms with van der Waals surface area (Å²) in [5.41, 5.74) is 0. The van der Waals surface area contributed by atoms with Crippen molar-refractivity contribution in [3.05, 3.63) is 47.8 Å². The van der Waals surface area contributed by atoms with Gasteiger partial charge in [0.2, 0.25) is 0 Å². The van der Waals surface area contributed by atoms with Crippen molar-refractivity contribution in [2.45, 2.75) is 18.3 Å². The Morgan fingerprint density at radius 2 is 2.14 bits per heavy atom. The number of allylic oxidation sites excluding steroid dienone is 1. The van der Waals surface area contributed by atoms with E-state index in [4.69, 9.17) is 16.3 Å². The van der Waals surface area contributed by atoms with Gasteiger partial charge in [-0.2, -0.15) is 0 Å². The van der Waals surface area contributed by atoms with Crippen molar-refractivity contribution in [3.8, 4) is 5.75 Å². The largest absolute Gasteiger partial charge is 0.549 e. The van der Waals surface area contributed by atoms with E-state index in [-0.39, 0.29) is 12.4 Å². The summed E-state index contributed by atoms with van der Waals surface area (Å²) in [5, 5.41) is 19.6. The summed E-state index contributed by atoms with van der Waals surface area (Å²) in [4.78, 5) is 10.5. The average Bonchev–Trinajstić information content (AvgIpc) is 2.87. The van der Waals surface area contributed by atoms with Gasteiger partial charge in [0.1, 0.15) is 12.4 Å². The topological polar surface area (TPSA) is 80.1 Å². The molecule has 0 aliphatic carbocycles. The molecular weight excluding hydrogens is 326 g/mol. The van der Waals surface area contributed by atoms with Crippen molar-refractivity contribution in [3.63, 3.8) is 0 Å². The van der Waals surface area contributed by atoms with E-state index in [1.54, 1.807) is 34.9 Å². The van der Waals surface area contributed by atoms with Gasteiger partial charge >= 0.3 is 0 Å². The number of hydrogen-bond acceptors (Lipinski definition) is 6. The van der Waals surface area contributed by atoms with Gasteiger partial charge in [-0.15, -0.1) is 16.8 Å². The molecule has 22 heavy (non-hydrogen) atoms. The number of benzene rings is 1. The number of ether oxygens (including phenoxy) is 1. The summed E-state index contributed by atoms with van der Waals surface area (Å²) in [6, 6.07) is 6.96. The first kappa shape index (κ1) is 16.4. The number of carbonyl (C=O) groups is 1. The van der Waals surface area contributed by atoms with Gasteiger partial charge in [0.15, 0.2) is 11.0 Å².